The summed E-state index contributed by atoms with van der Waals surface area (Å²) in [5, 5.41) is 3.09. The second kappa shape index (κ2) is 10.1. The Morgan fingerprint density at radius 1 is 1.43 bits per heavy atom. The highest BCUT2D eigenvalue weighted by Crippen LogP contribution is 2.18. The molecule has 0 aliphatic carbocycles. The minimum atomic E-state index is -0.385. The molecule has 2 aliphatic rings. The molecule has 6 nitrogen and oxygen atoms in total. The lowest BCUT2D eigenvalue weighted by molar-refractivity contribution is -0.147. The average Bonchev–Trinajstić information content (AvgIpc) is 2.55. The van der Waals surface area contributed by atoms with Gasteiger partial charge in [0.1, 0.15) is 6.10 Å². The first kappa shape index (κ1) is 20.2. The van der Waals surface area contributed by atoms with E-state index in [2.05, 4.69) is 12.2 Å². The van der Waals surface area contributed by atoms with E-state index in [0.717, 1.165) is 45.3 Å². The van der Waals surface area contributed by atoms with Crippen LogP contribution in [0.15, 0.2) is 0 Å². The molecule has 0 aromatic carbocycles. The molecule has 2 saturated heterocycles. The minimum Gasteiger partial charge on any atom is -0.369 e. The lowest BCUT2D eigenvalue weighted by Crippen LogP contribution is -2.58. The Bertz CT molecular complexity index is 395. The molecule has 0 bridgehead atoms. The van der Waals surface area contributed by atoms with Gasteiger partial charge in [0.2, 0.25) is 5.91 Å². The van der Waals surface area contributed by atoms with Crippen molar-refractivity contribution in [2.75, 3.05) is 39.3 Å². The summed E-state index contributed by atoms with van der Waals surface area (Å²) in [5.74, 6) is 0.209. The van der Waals surface area contributed by atoms with Crippen LogP contribution in [0.4, 0.5) is 0 Å². The highest BCUT2D eigenvalue weighted by atomic mass is 35.5. The maximum Gasteiger partial charge on any atom is 0.251 e. The molecule has 23 heavy (non-hydrogen) atoms. The number of nitrogens with one attached hydrogen (secondary N) is 1. The van der Waals surface area contributed by atoms with Crippen LogP contribution in [0.2, 0.25) is 0 Å². The second-order valence-corrected chi connectivity index (χ2v) is 6.21. The molecule has 1 N–H and O–H groups in total. The molecule has 2 amide bonds. The molecule has 7 heteroatoms. The summed E-state index contributed by atoms with van der Waals surface area (Å²) in [4.78, 5) is 28.3. The predicted octanol–water partition coefficient (Wildman–Crippen LogP) is 1.04. The largest absolute Gasteiger partial charge is 0.369 e. The van der Waals surface area contributed by atoms with Gasteiger partial charge in [0.15, 0.2) is 0 Å². The monoisotopic (exact) mass is 347 g/mol. The number of rotatable bonds is 6. The fourth-order valence-corrected chi connectivity index (χ4v) is 3.15. The SMILES string of the molecule is CCCCOC(C)C(=O)N1CCCC(N2CCNCC2=O)C1.Cl. The maximum absolute atomic E-state index is 12.5. The van der Waals surface area contributed by atoms with E-state index in [1.165, 1.54) is 0 Å². The number of likely N-dealkylation sites (tertiary alicyclic amines) is 1. The molecule has 0 aromatic rings. The van der Waals surface area contributed by atoms with Crippen molar-refractivity contribution in [1.29, 1.82) is 0 Å². The second-order valence-electron chi connectivity index (χ2n) is 6.21. The molecule has 134 valence electrons. The van der Waals surface area contributed by atoms with Gasteiger partial charge in [-0.3, -0.25) is 9.59 Å². The van der Waals surface area contributed by atoms with Gasteiger partial charge in [0.25, 0.3) is 5.91 Å². The summed E-state index contributed by atoms with van der Waals surface area (Å²) in [6.45, 7) is 8.00. The number of hydrogen-bond acceptors (Lipinski definition) is 4. The highest BCUT2D eigenvalue weighted by Gasteiger charge is 2.32. The average molecular weight is 348 g/mol. The molecular weight excluding hydrogens is 318 g/mol. The van der Waals surface area contributed by atoms with Gasteiger partial charge in [0.05, 0.1) is 6.54 Å². The van der Waals surface area contributed by atoms with E-state index in [-0.39, 0.29) is 36.4 Å². The van der Waals surface area contributed by atoms with Gasteiger partial charge in [-0.25, -0.2) is 0 Å². The minimum absolute atomic E-state index is 0. The third-order valence-corrected chi connectivity index (χ3v) is 4.49. The summed E-state index contributed by atoms with van der Waals surface area (Å²) in [6.07, 6.45) is 3.60. The normalized spacial score (nSPS) is 23.4. The van der Waals surface area contributed by atoms with Gasteiger partial charge in [-0.1, -0.05) is 13.3 Å². The lowest BCUT2D eigenvalue weighted by Gasteiger charge is -2.41. The summed E-state index contributed by atoms with van der Waals surface area (Å²) in [6, 6.07) is 0.162. The smallest absolute Gasteiger partial charge is 0.251 e. The number of ether oxygens (including phenoxy) is 1. The Kier molecular flexibility index (Phi) is 8.87. The van der Waals surface area contributed by atoms with Crippen LogP contribution >= 0.6 is 12.4 Å². The molecule has 0 radical (unpaired) electrons. The summed E-state index contributed by atoms with van der Waals surface area (Å²) in [7, 11) is 0. The van der Waals surface area contributed by atoms with Crippen LogP contribution in [-0.4, -0.2) is 73.1 Å². The zero-order valence-electron chi connectivity index (χ0n) is 14.3. The molecular formula is C16H30ClN3O3. The summed E-state index contributed by atoms with van der Waals surface area (Å²) in [5.41, 5.74) is 0. The van der Waals surface area contributed by atoms with Crippen molar-refractivity contribution in [1.82, 2.24) is 15.1 Å². The van der Waals surface area contributed by atoms with Gasteiger partial charge in [-0.2, -0.15) is 0 Å². The Morgan fingerprint density at radius 3 is 2.91 bits per heavy atom. The predicted molar refractivity (Wildman–Crippen MR) is 91.8 cm³/mol. The van der Waals surface area contributed by atoms with Gasteiger partial charge in [0, 0.05) is 38.8 Å². The quantitative estimate of drug-likeness (QED) is 0.729. The number of unbranched alkanes of at least 4 members (excludes halogenated alkanes) is 1. The van der Waals surface area contributed by atoms with E-state index in [0.29, 0.717) is 19.7 Å². The van der Waals surface area contributed by atoms with Crippen LogP contribution in [-0.2, 0) is 14.3 Å². The lowest BCUT2D eigenvalue weighted by atomic mass is 10.0. The van der Waals surface area contributed by atoms with Crippen LogP contribution in [0.1, 0.15) is 39.5 Å². The number of piperazine rings is 1. The van der Waals surface area contributed by atoms with E-state index >= 15 is 0 Å². The van der Waals surface area contributed by atoms with Crippen LogP contribution in [0.5, 0.6) is 0 Å². The highest BCUT2D eigenvalue weighted by molar-refractivity contribution is 5.85. The molecule has 0 spiro atoms. The first-order valence-electron chi connectivity index (χ1n) is 8.54. The van der Waals surface area contributed by atoms with Gasteiger partial charge in [-0.15, -0.1) is 12.4 Å². The Morgan fingerprint density at radius 2 is 2.22 bits per heavy atom. The third kappa shape index (κ3) is 5.62. The van der Waals surface area contributed by atoms with Crippen molar-refractivity contribution in [3.8, 4) is 0 Å². The number of piperidine rings is 1. The van der Waals surface area contributed by atoms with Crippen molar-refractivity contribution >= 4 is 24.2 Å². The van der Waals surface area contributed by atoms with Crippen molar-refractivity contribution in [2.45, 2.75) is 51.7 Å². The van der Waals surface area contributed by atoms with Crippen molar-refractivity contribution in [2.24, 2.45) is 0 Å². The zero-order valence-corrected chi connectivity index (χ0v) is 15.1. The Labute approximate surface area is 145 Å². The van der Waals surface area contributed by atoms with Crippen molar-refractivity contribution < 1.29 is 14.3 Å². The molecule has 2 unspecified atom stereocenters. The number of carbonyl (C=O) groups is 2. The first-order valence-corrected chi connectivity index (χ1v) is 8.54. The fourth-order valence-electron chi connectivity index (χ4n) is 3.15. The maximum atomic E-state index is 12.5. The molecule has 0 saturated carbocycles. The van der Waals surface area contributed by atoms with Gasteiger partial charge < -0.3 is 19.9 Å². The number of nitrogens with zero attached hydrogens (tertiary/aromatic N) is 2. The summed E-state index contributed by atoms with van der Waals surface area (Å²) >= 11 is 0. The number of carbonyl (C=O) groups excluding carboxylic acids is 2. The fraction of sp³-hybridized carbons (Fsp3) is 0.875. The third-order valence-electron chi connectivity index (χ3n) is 4.49. The van der Waals surface area contributed by atoms with E-state index in [9.17, 15) is 9.59 Å². The zero-order chi connectivity index (χ0) is 15.9. The van der Waals surface area contributed by atoms with Crippen LogP contribution in [0.3, 0.4) is 0 Å². The van der Waals surface area contributed by atoms with Crippen LogP contribution in [0, 0.1) is 0 Å². The number of hydrogen-bond donors (Lipinski definition) is 1. The molecule has 2 heterocycles. The number of halogens is 1. The first-order chi connectivity index (χ1) is 10.6. The van der Waals surface area contributed by atoms with Crippen LogP contribution < -0.4 is 5.32 Å². The molecule has 2 rings (SSSR count). The van der Waals surface area contributed by atoms with Crippen molar-refractivity contribution in [3.63, 3.8) is 0 Å². The molecule has 2 fully saturated rings. The van der Waals surface area contributed by atoms with Gasteiger partial charge >= 0.3 is 0 Å². The molecule has 0 aromatic heterocycles. The summed E-state index contributed by atoms with van der Waals surface area (Å²) < 4.78 is 5.62. The molecule has 2 atom stereocenters. The van der Waals surface area contributed by atoms with E-state index in [4.69, 9.17) is 4.74 Å². The van der Waals surface area contributed by atoms with E-state index in [1.54, 1.807) is 0 Å². The standard InChI is InChI=1S/C16H29N3O3.ClH/c1-3-4-10-22-13(2)16(21)18-8-5-6-14(12-18)19-9-7-17-11-15(19)20;/h13-14,17H,3-12H2,1-2H3;1H. The van der Waals surface area contributed by atoms with Gasteiger partial charge in [-0.05, 0) is 26.2 Å². The Balaban J connectivity index is 0.00000264. The van der Waals surface area contributed by atoms with E-state index < -0.39 is 0 Å². The van der Waals surface area contributed by atoms with E-state index in [1.807, 2.05) is 16.7 Å². The van der Waals surface area contributed by atoms with Crippen LogP contribution in [0.25, 0.3) is 0 Å². The number of amides is 2. The topological polar surface area (TPSA) is 61.9 Å². The molecule has 2 aliphatic heterocycles. The van der Waals surface area contributed by atoms with Crippen molar-refractivity contribution in [3.05, 3.63) is 0 Å². The Hall–Kier alpha value is -0.850.